The number of anilines is 1. The molecule has 0 fully saturated rings. The lowest BCUT2D eigenvalue weighted by Crippen LogP contribution is -2.40. The van der Waals surface area contributed by atoms with Crippen LogP contribution in [-0.4, -0.2) is 49.8 Å². The van der Waals surface area contributed by atoms with E-state index in [0.717, 1.165) is 62.9 Å². The van der Waals surface area contributed by atoms with Crippen LogP contribution in [0, 0.1) is 0 Å². The molecule has 0 aromatic heterocycles. The average molecular weight is 455 g/mol. The highest BCUT2D eigenvalue weighted by Crippen LogP contribution is 2.44. The molecule has 2 atom stereocenters. The molecule has 2 N–H and O–H groups in total. The third-order valence-corrected chi connectivity index (χ3v) is 6.04. The number of benzene rings is 2. The number of carboxylic acids is 1. The van der Waals surface area contributed by atoms with Gasteiger partial charge in [0.2, 0.25) is 5.91 Å². The molecule has 0 unspecified atom stereocenters. The van der Waals surface area contributed by atoms with E-state index in [1.807, 2.05) is 17.0 Å². The predicted octanol–water partition coefficient (Wildman–Crippen LogP) is 4.00. The Bertz CT molecular complexity index is 957. The van der Waals surface area contributed by atoms with Crippen molar-refractivity contribution in [3.8, 4) is 11.5 Å². The van der Waals surface area contributed by atoms with Crippen LogP contribution in [0.5, 0.6) is 11.5 Å². The number of methoxy groups -OCH3 is 1. The van der Waals surface area contributed by atoms with Gasteiger partial charge >= 0.3 is 0 Å². The Morgan fingerprint density at radius 2 is 1.88 bits per heavy atom. The quantitative estimate of drug-likeness (QED) is 0.677. The molecule has 2 aliphatic heterocycles. The molecule has 2 aromatic carbocycles. The number of ether oxygens (including phenoxy) is 2. The van der Waals surface area contributed by atoms with Gasteiger partial charge in [0.05, 0.1) is 13.7 Å². The Balaban J connectivity index is 0.000000709. The number of para-hydroxylation sites is 1. The van der Waals surface area contributed by atoms with Crippen molar-refractivity contribution in [1.82, 2.24) is 5.32 Å². The summed E-state index contributed by atoms with van der Waals surface area (Å²) in [5, 5.41) is 11.0. The van der Waals surface area contributed by atoms with Crippen molar-refractivity contribution in [3.05, 3.63) is 53.6 Å². The molecule has 2 aliphatic rings. The Kier molecular flexibility index (Phi) is 8.72. The summed E-state index contributed by atoms with van der Waals surface area (Å²) in [4.78, 5) is 23.6. The van der Waals surface area contributed by atoms with Crippen LogP contribution in [0.4, 0.5) is 5.69 Å². The molecule has 2 bridgehead atoms. The van der Waals surface area contributed by atoms with Gasteiger partial charge in [-0.3, -0.25) is 9.59 Å². The van der Waals surface area contributed by atoms with Crippen molar-refractivity contribution < 1.29 is 24.2 Å². The Morgan fingerprint density at radius 1 is 1.12 bits per heavy atom. The summed E-state index contributed by atoms with van der Waals surface area (Å²) >= 11 is 0. The molecule has 0 spiro atoms. The van der Waals surface area contributed by atoms with Gasteiger partial charge in [-0.25, -0.2) is 0 Å². The summed E-state index contributed by atoms with van der Waals surface area (Å²) in [6.07, 6.45) is 3.89. The number of nitrogens with one attached hydrogen (secondary N) is 1. The molecule has 178 valence electrons. The van der Waals surface area contributed by atoms with Crippen LogP contribution in [0.3, 0.4) is 0 Å². The average Bonchev–Trinajstić information content (AvgIpc) is 3.08. The summed E-state index contributed by atoms with van der Waals surface area (Å²) in [5.74, 6) is 1.13. The predicted molar refractivity (Wildman–Crippen MR) is 128 cm³/mol. The van der Waals surface area contributed by atoms with Crippen molar-refractivity contribution in [2.45, 2.75) is 51.5 Å². The van der Waals surface area contributed by atoms with Crippen LogP contribution in [0.25, 0.3) is 0 Å². The van der Waals surface area contributed by atoms with Crippen molar-refractivity contribution >= 4 is 17.6 Å². The van der Waals surface area contributed by atoms with Gasteiger partial charge in [-0.1, -0.05) is 24.3 Å². The van der Waals surface area contributed by atoms with Crippen LogP contribution in [0.2, 0.25) is 0 Å². The van der Waals surface area contributed by atoms with E-state index >= 15 is 0 Å². The maximum absolute atomic E-state index is 12.6. The van der Waals surface area contributed by atoms with Gasteiger partial charge in [0.25, 0.3) is 5.97 Å². The number of carbonyl (C=O) groups excluding carboxylic acids is 1. The molecule has 33 heavy (non-hydrogen) atoms. The van der Waals surface area contributed by atoms with Crippen LogP contribution < -0.4 is 19.7 Å². The first kappa shape index (κ1) is 24.6. The lowest BCUT2D eigenvalue weighted by atomic mass is 9.88. The van der Waals surface area contributed by atoms with Crippen molar-refractivity contribution in [1.29, 1.82) is 0 Å². The lowest BCUT2D eigenvalue weighted by Gasteiger charge is -2.29. The molecule has 4 rings (SSSR count). The van der Waals surface area contributed by atoms with E-state index < -0.39 is 5.97 Å². The fourth-order valence-corrected chi connectivity index (χ4v) is 4.69. The first-order valence-electron chi connectivity index (χ1n) is 11.5. The highest BCUT2D eigenvalue weighted by atomic mass is 16.5. The second-order valence-corrected chi connectivity index (χ2v) is 8.42. The molecule has 2 heterocycles. The van der Waals surface area contributed by atoms with Crippen LogP contribution in [-0.2, 0) is 16.0 Å². The van der Waals surface area contributed by atoms with Crippen LogP contribution in [0.1, 0.15) is 50.2 Å². The van der Waals surface area contributed by atoms with Gasteiger partial charge in [0, 0.05) is 31.5 Å². The standard InChI is InChI=1S/C24H30N2O3.C2H4O2/c1-17(27)26-21-8-4-3-7-19(21)20-11-13-25-12-5-6-14-29-24-16-18(15-22(20)26)9-10-23(24)28-2;1-2(3)4/h3-4,7-10,16,20,22,25H,5-6,11-15H2,1-2H3;1H3,(H,3,4)/t20-,22-;/m1./s1. The number of amides is 1. The molecule has 2 aromatic rings. The smallest absolute Gasteiger partial charge is 0.300 e. The summed E-state index contributed by atoms with van der Waals surface area (Å²) in [6, 6.07) is 14.6. The first-order chi connectivity index (χ1) is 15.9. The van der Waals surface area contributed by atoms with Gasteiger partial charge < -0.3 is 24.8 Å². The zero-order valence-electron chi connectivity index (χ0n) is 19.7. The zero-order valence-corrected chi connectivity index (χ0v) is 19.7. The molecule has 0 saturated heterocycles. The monoisotopic (exact) mass is 454 g/mol. The van der Waals surface area contributed by atoms with E-state index in [9.17, 15) is 4.79 Å². The van der Waals surface area contributed by atoms with E-state index in [-0.39, 0.29) is 11.9 Å². The normalized spacial score (nSPS) is 20.2. The Morgan fingerprint density at radius 3 is 2.61 bits per heavy atom. The largest absolute Gasteiger partial charge is 0.493 e. The summed E-state index contributed by atoms with van der Waals surface area (Å²) in [7, 11) is 1.67. The maximum atomic E-state index is 12.6. The number of rotatable bonds is 1. The minimum Gasteiger partial charge on any atom is -0.493 e. The number of fused-ring (bicyclic) bond motifs is 5. The summed E-state index contributed by atoms with van der Waals surface area (Å²) in [6.45, 7) is 5.37. The van der Waals surface area contributed by atoms with Gasteiger partial charge in [0.1, 0.15) is 0 Å². The molecule has 7 nitrogen and oxygen atoms in total. The summed E-state index contributed by atoms with van der Waals surface area (Å²) < 4.78 is 11.5. The minimum absolute atomic E-state index is 0.101. The van der Waals surface area contributed by atoms with E-state index in [4.69, 9.17) is 19.4 Å². The fraction of sp³-hybridized carbons (Fsp3) is 0.462. The van der Waals surface area contributed by atoms with Crippen molar-refractivity contribution in [2.75, 3.05) is 31.7 Å². The number of carbonyl (C=O) groups is 2. The molecular formula is C26H34N2O5. The van der Waals surface area contributed by atoms with Crippen LogP contribution in [0.15, 0.2) is 42.5 Å². The second-order valence-electron chi connectivity index (χ2n) is 8.42. The van der Waals surface area contributed by atoms with Gasteiger partial charge in [-0.05, 0) is 68.1 Å². The Hall–Kier alpha value is -3.06. The minimum atomic E-state index is -0.833. The SMILES string of the molecule is CC(=O)O.COc1ccc2cc1OCCCCNCC[C@@H]1c3ccccc3N(C(C)=O)[C@@H]1C2. The molecule has 0 saturated carbocycles. The van der Waals surface area contributed by atoms with Crippen LogP contribution >= 0.6 is 0 Å². The highest BCUT2D eigenvalue weighted by Gasteiger charge is 2.39. The second kappa shape index (κ2) is 11.7. The molecule has 0 radical (unpaired) electrons. The Labute approximate surface area is 195 Å². The third kappa shape index (κ3) is 6.26. The molecule has 0 aliphatic carbocycles. The number of aliphatic carboxylic acids is 1. The van der Waals surface area contributed by atoms with Gasteiger partial charge in [-0.2, -0.15) is 0 Å². The fourth-order valence-electron chi connectivity index (χ4n) is 4.69. The lowest BCUT2D eigenvalue weighted by molar-refractivity contribution is -0.134. The third-order valence-electron chi connectivity index (χ3n) is 6.04. The van der Waals surface area contributed by atoms with Gasteiger partial charge in [-0.15, -0.1) is 0 Å². The topological polar surface area (TPSA) is 88.1 Å². The molecule has 7 heteroatoms. The molecule has 1 amide bonds. The maximum Gasteiger partial charge on any atom is 0.300 e. The number of hydrogen-bond donors (Lipinski definition) is 2. The van der Waals surface area contributed by atoms with E-state index in [1.54, 1.807) is 14.0 Å². The van der Waals surface area contributed by atoms with E-state index in [1.165, 1.54) is 11.1 Å². The highest BCUT2D eigenvalue weighted by molar-refractivity contribution is 5.95. The summed E-state index contributed by atoms with van der Waals surface area (Å²) in [5.41, 5.74) is 3.51. The number of carboxylic acid groups (broad SMARTS) is 1. The molecular weight excluding hydrogens is 420 g/mol. The van der Waals surface area contributed by atoms with Crippen molar-refractivity contribution in [3.63, 3.8) is 0 Å². The zero-order chi connectivity index (χ0) is 23.8. The number of nitrogens with zero attached hydrogens (tertiary/aromatic N) is 1. The van der Waals surface area contributed by atoms with E-state index in [0.29, 0.717) is 12.5 Å². The van der Waals surface area contributed by atoms with Gasteiger partial charge in [0.15, 0.2) is 11.5 Å². The van der Waals surface area contributed by atoms with E-state index in [2.05, 4.69) is 35.6 Å². The first-order valence-corrected chi connectivity index (χ1v) is 11.5. The number of hydrogen-bond acceptors (Lipinski definition) is 5. The van der Waals surface area contributed by atoms with Crippen molar-refractivity contribution in [2.24, 2.45) is 0 Å².